The van der Waals surface area contributed by atoms with Crippen LogP contribution in [0, 0.1) is 0 Å². The van der Waals surface area contributed by atoms with Crippen molar-refractivity contribution in [1.29, 1.82) is 0 Å². The lowest BCUT2D eigenvalue weighted by atomic mass is 10.7. The smallest absolute Gasteiger partial charge is 0.350 e. The van der Waals surface area contributed by atoms with E-state index in [2.05, 4.69) is 0 Å². The highest BCUT2D eigenvalue weighted by atomic mass is 16.8. The Hall–Kier alpha value is -0.810. The molecule has 0 rings (SSSR count). The van der Waals surface area contributed by atoms with Crippen LogP contribution in [-0.2, 0) is 9.68 Å². The van der Waals surface area contributed by atoms with Gasteiger partial charge in [-0.2, -0.15) is 5.06 Å². The van der Waals surface area contributed by atoms with E-state index in [1.165, 1.54) is 10.1 Å². The number of hydroxylamine groups is 4. The Balaban J connectivity index is 3.85. The number of amides is 1. The molecule has 0 spiro atoms. The van der Waals surface area contributed by atoms with Crippen molar-refractivity contribution < 1.29 is 14.5 Å². The van der Waals surface area contributed by atoms with Gasteiger partial charge in [0.2, 0.25) is 0 Å². The Labute approximate surface area is 72.7 Å². The molecule has 0 aliphatic carbocycles. The predicted octanol–water partition coefficient (Wildman–Crippen LogP) is 0.873. The summed E-state index contributed by atoms with van der Waals surface area (Å²) >= 11 is 0. The van der Waals surface area contributed by atoms with E-state index in [0.717, 1.165) is 0 Å². The molecule has 0 aliphatic rings. The molecule has 0 saturated carbocycles. The van der Waals surface area contributed by atoms with Gasteiger partial charge in [0.1, 0.15) is 0 Å². The Morgan fingerprint density at radius 3 is 2.25 bits per heavy atom. The summed E-state index contributed by atoms with van der Waals surface area (Å²) in [4.78, 5) is 20.8. The molecule has 1 amide bonds. The van der Waals surface area contributed by atoms with Crippen LogP contribution in [0.5, 0.6) is 0 Å². The summed E-state index contributed by atoms with van der Waals surface area (Å²) < 4.78 is 0. The van der Waals surface area contributed by atoms with E-state index in [4.69, 9.17) is 9.68 Å². The quantitative estimate of drug-likeness (QED) is 0.596. The van der Waals surface area contributed by atoms with Gasteiger partial charge in [-0.15, -0.1) is 5.06 Å². The van der Waals surface area contributed by atoms with Crippen LogP contribution in [0.15, 0.2) is 0 Å². The third-order valence-electron chi connectivity index (χ3n) is 1.04. The first-order chi connectivity index (χ1) is 5.61. The average Bonchev–Trinajstić information content (AvgIpc) is 1.98. The van der Waals surface area contributed by atoms with Crippen molar-refractivity contribution in [1.82, 2.24) is 10.1 Å². The minimum atomic E-state index is -0.496. The molecular formula is C7H16N2O3. The molecule has 0 aromatic rings. The summed E-state index contributed by atoms with van der Waals surface area (Å²) in [6, 6.07) is 0. The maximum absolute atomic E-state index is 11.1. The molecule has 0 atom stereocenters. The summed E-state index contributed by atoms with van der Waals surface area (Å²) in [6.07, 6.45) is -0.496. The monoisotopic (exact) mass is 176 g/mol. The molecule has 0 N–H and O–H groups in total. The highest BCUT2D eigenvalue weighted by molar-refractivity contribution is 5.65. The zero-order valence-corrected chi connectivity index (χ0v) is 8.03. The van der Waals surface area contributed by atoms with Crippen molar-refractivity contribution >= 4 is 6.09 Å². The molecule has 0 aromatic carbocycles. The van der Waals surface area contributed by atoms with Crippen LogP contribution in [0.3, 0.4) is 0 Å². The Bertz CT molecular complexity index is 139. The van der Waals surface area contributed by atoms with E-state index >= 15 is 0 Å². The second-order valence-corrected chi connectivity index (χ2v) is 2.28. The molecule has 0 fully saturated rings. The number of rotatable bonds is 4. The number of nitrogens with zero attached hydrogens (tertiary/aromatic N) is 2. The Morgan fingerprint density at radius 2 is 1.92 bits per heavy atom. The minimum absolute atomic E-state index is 0.455. The zero-order valence-electron chi connectivity index (χ0n) is 8.03. The van der Waals surface area contributed by atoms with Crippen LogP contribution in [0.2, 0.25) is 0 Å². The summed E-state index contributed by atoms with van der Waals surface area (Å²) in [5.74, 6) is 0. The summed E-state index contributed by atoms with van der Waals surface area (Å²) in [5.41, 5.74) is 0. The molecule has 12 heavy (non-hydrogen) atoms. The number of carbonyl (C=O) groups excluding carboxylic acids is 1. The van der Waals surface area contributed by atoms with Gasteiger partial charge in [-0.1, -0.05) is 0 Å². The number of hydrogen-bond donors (Lipinski definition) is 0. The number of carbonyl (C=O) groups is 1. The fraction of sp³-hybridized carbons (Fsp3) is 0.857. The molecule has 0 aliphatic heterocycles. The predicted molar refractivity (Wildman–Crippen MR) is 44.2 cm³/mol. The largest absolute Gasteiger partial charge is 0.453 e. The van der Waals surface area contributed by atoms with Gasteiger partial charge < -0.3 is 4.84 Å². The molecule has 0 aromatic heterocycles. The van der Waals surface area contributed by atoms with Crippen molar-refractivity contribution in [2.24, 2.45) is 0 Å². The van der Waals surface area contributed by atoms with Crippen molar-refractivity contribution in [2.75, 3.05) is 27.2 Å². The number of hydrogen-bond acceptors (Lipinski definition) is 4. The fourth-order valence-electron chi connectivity index (χ4n) is 0.631. The van der Waals surface area contributed by atoms with Crippen LogP contribution in [0.1, 0.15) is 13.8 Å². The van der Waals surface area contributed by atoms with E-state index < -0.39 is 6.09 Å². The summed E-state index contributed by atoms with van der Waals surface area (Å²) in [6.45, 7) is 4.55. The van der Waals surface area contributed by atoms with Gasteiger partial charge in [0.25, 0.3) is 0 Å². The first kappa shape index (κ1) is 11.2. The topological polar surface area (TPSA) is 42.0 Å². The van der Waals surface area contributed by atoms with E-state index in [1.54, 1.807) is 14.1 Å². The van der Waals surface area contributed by atoms with Gasteiger partial charge in [0.05, 0.1) is 6.61 Å². The Kier molecular flexibility index (Phi) is 5.40. The first-order valence-corrected chi connectivity index (χ1v) is 3.91. The van der Waals surface area contributed by atoms with E-state index in [1.807, 2.05) is 13.8 Å². The van der Waals surface area contributed by atoms with Gasteiger partial charge in [-0.3, -0.25) is 4.84 Å². The highest BCUT2D eigenvalue weighted by Crippen LogP contribution is 1.95. The molecule has 0 heterocycles. The summed E-state index contributed by atoms with van der Waals surface area (Å²) in [7, 11) is 3.27. The fourth-order valence-corrected chi connectivity index (χ4v) is 0.631. The van der Waals surface area contributed by atoms with Crippen LogP contribution in [0.25, 0.3) is 0 Å². The average molecular weight is 176 g/mol. The van der Waals surface area contributed by atoms with Gasteiger partial charge in [0.15, 0.2) is 0 Å². The second kappa shape index (κ2) is 5.79. The third kappa shape index (κ3) is 4.15. The maximum Gasteiger partial charge on any atom is 0.453 e. The highest BCUT2D eigenvalue weighted by Gasteiger charge is 2.13. The second-order valence-electron chi connectivity index (χ2n) is 2.28. The van der Waals surface area contributed by atoms with Gasteiger partial charge >= 0.3 is 6.09 Å². The van der Waals surface area contributed by atoms with Gasteiger partial charge in [0, 0.05) is 20.6 Å². The van der Waals surface area contributed by atoms with E-state index in [0.29, 0.717) is 13.2 Å². The summed E-state index contributed by atoms with van der Waals surface area (Å²) in [5, 5.41) is 2.49. The lowest BCUT2D eigenvalue weighted by Gasteiger charge is -2.20. The molecular weight excluding hydrogens is 160 g/mol. The van der Waals surface area contributed by atoms with E-state index in [9.17, 15) is 4.79 Å². The normalized spacial score (nSPS) is 10.1. The molecule has 5 heteroatoms. The zero-order chi connectivity index (χ0) is 9.56. The standard InChI is InChI=1S/C7H16N2O3/c1-5-9(11-6-2)7(10)12-8(3)4/h5-6H2,1-4H3. The molecule has 5 nitrogen and oxygen atoms in total. The van der Waals surface area contributed by atoms with Crippen LogP contribution in [0.4, 0.5) is 4.79 Å². The first-order valence-electron chi connectivity index (χ1n) is 3.91. The molecule has 72 valence electrons. The van der Waals surface area contributed by atoms with Crippen LogP contribution in [-0.4, -0.2) is 43.5 Å². The van der Waals surface area contributed by atoms with Crippen molar-refractivity contribution in [3.8, 4) is 0 Å². The van der Waals surface area contributed by atoms with E-state index in [-0.39, 0.29) is 0 Å². The molecule has 0 unspecified atom stereocenters. The van der Waals surface area contributed by atoms with Crippen LogP contribution >= 0.6 is 0 Å². The van der Waals surface area contributed by atoms with Gasteiger partial charge in [-0.25, -0.2) is 4.79 Å². The third-order valence-corrected chi connectivity index (χ3v) is 1.04. The minimum Gasteiger partial charge on any atom is -0.350 e. The molecule has 0 bridgehead atoms. The van der Waals surface area contributed by atoms with Crippen molar-refractivity contribution in [2.45, 2.75) is 13.8 Å². The van der Waals surface area contributed by atoms with Crippen molar-refractivity contribution in [3.63, 3.8) is 0 Å². The Morgan fingerprint density at radius 1 is 1.33 bits per heavy atom. The van der Waals surface area contributed by atoms with Crippen molar-refractivity contribution in [3.05, 3.63) is 0 Å². The molecule has 0 radical (unpaired) electrons. The maximum atomic E-state index is 11.1. The lowest BCUT2D eigenvalue weighted by molar-refractivity contribution is -0.165. The van der Waals surface area contributed by atoms with Crippen LogP contribution < -0.4 is 0 Å². The SMILES string of the molecule is CCON(CC)C(=O)ON(C)C. The lowest BCUT2D eigenvalue weighted by Crippen LogP contribution is -2.34. The molecule has 0 saturated heterocycles. The van der Waals surface area contributed by atoms with Gasteiger partial charge in [-0.05, 0) is 13.8 Å².